The number of imidazole rings is 2. The molecule has 5 aromatic rings. The van der Waals surface area contributed by atoms with Crippen molar-refractivity contribution in [1.29, 1.82) is 0 Å². The summed E-state index contributed by atoms with van der Waals surface area (Å²) in [6.45, 7) is 6.63. The van der Waals surface area contributed by atoms with Crippen molar-refractivity contribution in [2.45, 2.75) is 26.4 Å². The van der Waals surface area contributed by atoms with Crippen LogP contribution in [-0.2, 0) is 37.7 Å². The lowest BCUT2D eigenvalue weighted by Gasteiger charge is -2.23. The van der Waals surface area contributed by atoms with E-state index in [9.17, 15) is 24.0 Å². The summed E-state index contributed by atoms with van der Waals surface area (Å²) < 4.78 is 15.2. The van der Waals surface area contributed by atoms with Crippen LogP contribution in [0.3, 0.4) is 0 Å². The van der Waals surface area contributed by atoms with E-state index in [0.29, 0.717) is 52.8 Å². The Morgan fingerprint density at radius 3 is 1.59 bits per heavy atom. The predicted molar refractivity (Wildman–Crippen MR) is 174 cm³/mol. The third-order valence-electron chi connectivity index (χ3n) is 6.18. The number of fused-ring (bicyclic) bond motifs is 2. The van der Waals surface area contributed by atoms with E-state index < -0.39 is 5.60 Å². The first-order chi connectivity index (χ1) is 21.6. The molecule has 0 saturated carbocycles. The molecule has 18 heteroatoms. The van der Waals surface area contributed by atoms with Gasteiger partial charge in [-0.25, -0.2) is 24.4 Å². The number of hydrogen-bond acceptors (Lipinski definition) is 11. The van der Waals surface area contributed by atoms with Crippen molar-refractivity contribution in [3.8, 4) is 5.75 Å². The fourth-order valence-corrected chi connectivity index (χ4v) is 3.81. The zero-order chi connectivity index (χ0) is 34.8. The Balaban J connectivity index is 0.000000228. The van der Waals surface area contributed by atoms with Crippen molar-refractivity contribution in [1.82, 2.24) is 38.2 Å². The number of nitrogens with zero attached hydrogens (tertiary/aromatic N) is 6. The molecule has 0 spiro atoms. The Hall–Kier alpha value is -5.00. The van der Waals surface area contributed by atoms with Gasteiger partial charge in [0, 0.05) is 46.3 Å². The summed E-state index contributed by atoms with van der Waals surface area (Å²) in [5.74, 6) is 0.201. The zero-order valence-electron chi connectivity index (χ0n) is 26.7. The average molecular weight is 663 g/mol. The fraction of sp³-hybridized carbons (Fsp3) is 0.393. The SMILES string of the molecule is CCOC(=O)C(C)(C)Oc1ccc(Cl)cc1.Cn1c(=O)c2[nH]cnc2n(C)c1=O.Cn1c(=O)c2[nH]cnc2n(C)c1=O.NCCN. The lowest BCUT2D eigenvalue weighted by Crippen LogP contribution is -2.39. The summed E-state index contributed by atoms with van der Waals surface area (Å²) in [6, 6.07) is 6.84. The topological polar surface area (TPSA) is 233 Å². The number of aromatic nitrogens is 8. The highest BCUT2D eigenvalue weighted by molar-refractivity contribution is 6.30. The first-order valence-corrected chi connectivity index (χ1v) is 14.2. The lowest BCUT2D eigenvalue weighted by molar-refractivity contribution is -0.158. The second-order valence-corrected chi connectivity index (χ2v) is 10.4. The van der Waals surface area contributed by atoms with Crippen LogP contribution in [0.25, 0.3) is 22.3 Å². The van der Waals surface area contributed by atoms with Crippen molar-refractivity contribution in [2.24, 2.45) is 39.7 Å². The van der Waals surface area contributed by atoms with E-state index in [-0.39, 0.29) is 28.5 Å². The van der Waals surface area contributed by atoms with E-state index in [1.54, 1.807) is 59.1 Å². The van der Waals surface area contributed by atoms with Gasteiger partial charge in [-0.1, -0.05) is 11.6 Å². The van der Waals surface area contributed by atoms with E-state index in [1.165, 1.54) is 35.9 Å². The predicted octanol–water partition coefficient (Wildman–Crippen LogP) is -0.115. The van der Waals surface area contributed by atoms with Crippen LogP contribution in [-0.4, -0.2) is 69.5 Å². The van der Waals surface area contributed by atoms with Crippen molar-refractivity contribution in [2.75, 3.05) is 19.7 Å². The molecule has 0 radical (unpaired) electrons. The minimum atomic E-state index is -0.996. The maximum atomic E-state index is 11.6. The van der Waals surface area contributed by atoms with E-state index in [4.69, 9.17) is 32.5 Å². The fourth-order valence-electron chi connectivity index (χ4n) is 3.68. The number of carbonyl (C=O) groups is 1. The number of aromatic amines is 2. The third kappa shape index (κ3) is 8.80. The van der Waals surface area contributed by atoms with Crippen LogP contribution in [0.1, 0.15) is 20.8 Å². The highest BCUT2D eigenvalue weighted by atomic mass is 35.5. The first kappa shape index (κ1) is 37.2. The van der Waals surface area contributed by atoms with Crippen LogP contribution in [0.5, 0.6) is 5.75 Å². The Bertz CT molecular complexity index is 1890. The molecule has 250 valence electrons. The molecule has 0 amide bonds. The van der Waals surface area contributed by atoms with Gasteiger partial charge in [0.2, 0.25) is 0 Å². The number of rotatable bonds is 5. The van der Waals surface area contributed by atoms with Gasteiger partial charge in [0.25, 0.3) is 11.1 Å². The minimum absolute atomic E-state index is 0.340. The Labute approximate surface area is 267 Å². The maximum absolute atomic E-state index is 11.6. The number of benzene rings is 1. The lowest BCUT2D eigenvalue weighted by atomic mass is 10.1. The van der Waals surface area contributed by atoms with Gasteiger partial charge in [-0.2, -0.15) is 0 Å². The summed E-state index contributed by atoms with van der Waals surface area (Å²) in [6.07, 6.45) is 2.79. The maximum Gasteiger partial charge on any atom is 0.349 e. The average Bonchev–Trinajstić information content (AvgIpc) is 3.74. The number of hydrogen-bond donors (Lipinski definition) is 4. The number of halogens is 1. The molecule has 0 unspecified atom stereocenters. The van der Waals surface area contributed by atoms with Crippen molar-refractivity contribution in [3.05, 3.63) is 83.6 Å². The number of esters is 1. The summed E-state index contributed by atoms with van der Waals surface area (Å²) in [4.78, 5) is 70.3. The molecule has 1 aromatic carbocycles. The summed E-state index contributed by atoms with van der Waals surface area (Å²) in [5, 5.41) is 0.626. The molecule has 0 bridgehead atoms. The molecular formula is C28H39ClN10O7. The third-order valence-corrected chi connectivity index (χ3v) is 6.43. The standard InChI is InChI=1S/C12H15ClO3.2C7H8N4O2.C2H8N2/c1-4-15-11(14)12(2,3)16-10-7-5-9(13)6-8-10;2*1-10-5-4(8-3-9-5)6(12)11(2)7(10)13;3-1-2-4/h5-8H,4H2,1-3H3;2*3H,1-2H3,(H,8,9);1-4H2. The minimum Gasteiger partial charge on any atom is -0.476 e. The van der Waals surface area contributed by atoms with Gasteiger partial charge in [0.05, 0.1) is 19.3 Å². The van der Waals surface area contributed by atoms with Gasteiger partial charge < -0.3 is 30.9 Å². The van der Waals surface area contributed by atoms with Crippen LogP contribution in [0.15, 0.2) is 56.1 Å². The normalized spacial score (nSPS) is 10.7. The number of carbonyl (C=O) groups excluding carboxylic acids is 1. The van der Waals surface area contributed by atoms with Crippen LogP contribution < -0.4 is 38.7 Å². The highest BCUT2D eigenvalue weighted by Gasteiger charge is 2.31. The summed E-state index contributed by atoms with van der Waals surface area (Å²) in [7, 11) is 6.02. The van der Waals surface area contributed by atoms with E-state index in [1.807, 2.05) is 0 Å². The van der Waals surface area contributed by atoms with E-state index in [2.05, 4.69) is 19.9 Å². The van der Waals surface area contributed by atoms with Gasteiger partial charge in [-0.05, 0) is 45.0 Å². The Kier molecular flexibility index (Phi) is 13.2. The van der Waals surface area contributed by atoms with E-state index >= 15 is 0 Å². The number of H-pyrrole nitrogens is 2. The quantitative estimate of drug-likeness (QED) is 0.181. The van der Waals surface area contributed by atoms with Gasteiger partial charge in [-0.15, -0.1) is 0 Å². The first-order valence-electron chi connectivity index (χ1n) is 13.8. The number of nitrogens with two attached hydrogens (primary N) is 2. The number of nitrogens with one attached hydrogen (secondary N) is 2. The van der Waals surface area contributed by atoms with Crippen molar-refractivity contribution < 1.29 is 14.3 Å². The molecule has 0 saturated heterocycles. The van der Waals surface area contributed by atoms with Crippen LogP contribution in [0.2, 0.25) is 5.02 Å². The van der Waals surface area contributed by atoms with Crippen LogP contribution >= 0.6 is 11.6 Å². The zero-order valence-corrected chi connectivity index (χ0v) is 27.4. The molecule has 5 rings (SSSR count). The van der Waals surface area contributed by atoms with Crippen molar-refractivity contribution >= 4 is 39.9 Å². The highest BCUT2D eigenvalue weighted by Crippen LogP contribution is 2.21. The molecule has 0 atom stereocenters. The largest absolute Gasteiger partial charge is 0.476 e. The number of aryl methyl sites for hydroxylation is 2. The molecule has 0 aliphatic heterocycles. The molecule has 4 heterocycles. The molecule has 46 heavy (non-hydrogen) atoms. The second kappa shape index (κ2) is 16.4. The molecule has 0 aliphatic carbocycles. The van der Waals surface area contributed by atoms with Gasteiger partial charge in [0.15, 0.2) is 16.9 Å². The molecular weight excluding hydrogens is 624 g/mol. The van der Waals surface area contributed by atoms with Crippen LogP contribution in [0, 0.1) is 0 Å². The van der Waals surface area contributed by atoms with Gasteiger partial charge in [0.1, 0.15) is 16.8 Å². The monoisotopic (exact) mass is 662 g/mol. The van der Waals surface area contributed by atoms with Crippen LogP contribution in [0.4, 0.5) is 0 Å². The van der Waals surface area contributed by atoms with Crippen molar-refractivity contribution in [3.63, 3.8) is 0 Å². The smallest absolute Gasteiger partial charge is 0.349 e. The Morgan fingerprint density at radius 2 is 1.22 bits per heavy atom. The molecule has 4 aromatic heterocycles. The molecule has 17 nitrogen and oxygen atoms in total. The Morgan fingerprint density at radius 1 is 0.804 bits per heavy atom. The molecule has 0 fully saturated rings. The summed E-state index contributed by atoms with van der Waals surface area (Å²) >= 11 is 5.75. The van der Waals surface area contributed by atoms with Gasteiger partial charge in [-0.3, -0.25) is 27.9 Å². The van der Waals surface area contributed by atoms with E-state index in [0.717, 1.165) is 9.13 Å². The number of ether oxygens (including phenoxy) is 2. The molecule has 6 N–H and O–H groups in total. The summed E-state index contributed by atoms with van der Waals surface area (Å²) in [5.41, 5.74) is 8.83. The second-order valence-electron chi connectivity index (χ2n) is 9.98. The molecule has 0 aliphatic rings. The van der Waals surface area contributed by atoms with Gasteiger partial charge >= 0.3 is 17.3 Å².